The second kappa shape index (κ2) is 8.50. The zero-order chi connectivity index (χ0) is 18.2. The average Bonchev–Trinajstić information content (AvgIpc) is 2.59. The van der Waals surface area contributed by atoms with Gasteiger partial charge in [-0.05, 0) is 48.7 Å². The minimum atomic E-state index is -0.560. The molecule has 6 heteroatoms. The van der Waals surface area contributed by atoms with E-state index in [1.54, 1.807) is 31.2 Å². The predicted molar refractivity (Wildman–Crippen MR) is 93.3 cm³/mol. The molecule has 0 heterocycles. The molecule has 2 rings (SSSR count). The third-order valence-corrected chi connectivity index (χ3v) is 3.57. The number of hydrogen-bond acceptors (Lipinski definition) is 4. The Bertz CT molecular complexity index is 841. The lowest BCUT2D eigenvalue weighted by Crippen LogP contribution is -2.18. The lowest BCUT2D eigenvalue weighted by molar-refractivity contribution is -0.112. The van der Waals surface area contributed by atoms with E-state index in [0.29, 0.717) is 29.8 Å². The van der Waals surface area contributed by atoms with Crippen LogP contribution in [0, 0.1) is 24.1 Å². The highest BCUT2D eigenvalue weighted by Gasteiger charge is 2.11. The van der Waals surface area contributed by atoms with E-state index in [0.717, 1.165) is 0 Å². The third-order valence-electron chi connectivity index (χ3n) is 3.57. The Morgan fingerprint density at radius 1 is 1.32 bits per heavy atom. The number of carbonyl (C=O) groups is 1. The Kier molecular flexibility index (Phi) is 6.13. The Labute approximate surface area is 145 Å². The number of halogens is 1. The van der Waals surface area contributed by atoms with Gasteiger partial charge in [0, 0.05) is 18.4 Å². The first-order valence-electron chi connectivity index (χ1n) is 7.69. The number of nitrogens with zero attached hydrogens (tertiary/aromatic N) is 1. The minimum absolute atomic E-state index is 0.0963. The van der Waals surface area contributed by atoms with Gasteiger partial charge in [-0.3, -0.25) is 4.79 Å². The SMILES string of the molecule is Cc1cc(O)ccc1NC(=O)/C(C#N)=C\NCCc1ccccc1F. The van der Waals surface area contributed by atoms with Crippen molar-refractivity contribution in [3.8, 4) is 11.8 Å². The molecule has 0 aliphatic carbocycles. The maximum atomic E-state index is 13.5. The second-order valence-corrected chi connectivity index (χ2v) is 5.42. The van der Waals surface area contributed by atoms with Crippen LogP contribution in [0.1, 0.15) is 11.1 Å². The summed E-state index contributed by atoms with van der Waals surface area (Å²) in [6.07, 6.45) is 1.74. The molecule has 2 aromatic rings. The molecule has 0 saturated heterocycles. The maximum Gasteiger partial charge on any atom is 0.267 e. The van der Waals surface area contributed by atoms with Gasteiger partial charge < -0.3 is 15.7 Å². The van der Waals surface area contributed by atoms with E-state index in [9.17, 15) is 14.3 Å². The quantitative estimate of drug-likeness (QED) is 0.327. The molecule has 1 amide bonds. The number of rotatable bonds is 6. The molecule has 0 atom stereocenters. The van der Waals surface area contributed by atoms with Crippen molar-refractivity contribution in [3.63, 3.8) is 0 Å². The molecule has 0 aliphatic heterocycles. The predicted octanol–water partition coefficient (Wildman–Crippen LogP) is 3.02. The molecule has 25 heavy (non-hydrogen) atoms. The van der Waals surface area contributed by atoms with Crippen LogP contribution in [0.2, 0.25) is 0 Å². The zero-order valence-corrected chi connectivity index (χ0v) is 13.7. The Balaban J connectivity index is 1.94. The van der Waals surface area contributed by atoms with Crippen LogP contribution in [0.5, 0.6) is 5.75 Å². The van der Waals surface area contributed by atoms with E-state index in [1.807, 2.05) is 6.07 Å². The van der Waals surface area contributed by atoms with Crippen molar-refractivity contribution in [1.82, 2.24) is 5.32 Å². The van der Waals surface area contributed by atoms with Gasteiger partial charge in [-0.1, -0.05) is 18.2 Å². The number of amides is 1. The van der Waals surface area contributed by atoms with Crippen LogP contribution in [0.4, 0.5) is 10.1 Å². The van der Waals surface area contributed by atoms with Gasteiger partial charge in [-0.25, -0.2) is 4.39 Å². The van der Waals surface area contributed by atoms with E-state index in [4.69, 9.17) is 5.26 Å². The number of hydrogen-bond donors (Lipinski definition) is 3. The van der Waals surface area contributed by atoms with Crippen LogP contribution < -0.4 is 10.6 Å². The number of phenols is 1. The maximum absolute atomic E-state index is 13.5. The lowest BCUT2D eigenvalue weighted by atomic mass is 10.1. The molecule has 0 radical (unpaired) electrons. The van der Waals surface area contributed by atoms with Gasteiger partial charge >= 0.3 is 0 Å². The summed E-state index contributed by atoms with van der Waals surface area (Å²) in [6, 6.07) is 12.8. The molecule has 0 unspecified atom stereocenters. The highest BCUT2D eigenvalue weighted by atomic mass is 19.1. The van der Waals surface area contributed by atoms with Gasteiger partial charge in [0.1, 0.15) is 23.2 Å². The average molecular weight is 339 g/mol. The topological polar surface area (TPSA) is 85.2 Å². The first kappa shape index (κ1) is 18.0. The molecule has 0 aliphatic rings. The van der Waals surface area contributed by atoms with Gasteiger partial charge in [0.25, 0.3) is 5.91 Å². The Morgan fingerprint density at radius 2 is 2.08 bits per heavy atom. The van der Waals surface area contributed by atoms with Crippen molar-refractivity contribution in [2.45, 2.75) is 13.3 Å². The summed E-state index contributed by atoms with van der Waals surface area (Å²) in [5.74, 6) is -0.745. The van der Waals surface area contributed by atoms with Crippen LogP contribution in [-0.4, -0.2) is 17.6 Å². The molecule has 2 aromatic carbocycles. The standard InChI is InChI=1S/C19H18FN3O2/c1-13-10-16(24)6-7-18(13)23-19(25)15(11-21)12-22-9-8-14-4-2-3-5-17(14)20/h2-7,10,12,22,24H,8-9H2,1H3,(H,23,25)/b15-12-. The molecule has 0 bridgehead atoms. The summed E-state index contributed by atoms with van der Waals surface area (Å²) in [4.78, 5) is 12.1. The van der Waals surface area contributed by atoms with Gasteiger partial charge in [0.05, 0.1) is 0 Å². The Hall–Kier alpha value is -3.33. The molecule has 5 nitrogen and oxygen atoms in total. The number of phenolic OH excluding ortho intramolecular Hbond substituents is 1. The van der Waals surface area contributed by atoms with E-state index in [-0.39, 0.29) is 17.1 Å². The third kappa shape index (κ3) is 5.08. The molecular formula is C19H18FN3O2. The van der Waals surface area contributed by atoms with Gasteiger partial charge in [-0.2, -0.15) is 5.26 Å². The Morgan fingerprint density at radius 3 is 2.76 bits per heavy atom. The number of carbonyl (C=O) groups excluding carboxylic acids is 1. The van der Waals surface area contributed by atoms with Crippen molar-refractivity contribution in [3.05, 3.63) is 71.2 Å². The number of nitriles is 1. The molecular weight excluding hydrogens is 321 g/mol. The van der Waals surface area contributed by atoms with Crippen LogP contribution in [-0.2, 0) is 11.2 Å². The highest BCUT2D eigenvalue weighted by Crippen LogP contribution is 2.20. The van der Waals surface area contributed by atoms with Crippen molar-refractivity contribution in [2.24, 2.45) is 0 Å². The number of benzene rings is 2. The number of aromatic hydroxyl groups is 1. The summed E-state index contributed by atoms with van der Waals surface area (Å²) in [5.41, 5.74) is 1.65. The fraction of sp³-hybridized carbons (Fsp3) is 0.158. The van der Waals surface area contributed by atoms with E-state index in [1.165, 1.54) is 24.4 Å². The first-order valence-corrected chi connectivity index (χ1v) is 7.69. The van der Waals surface area contributed by atoms with Crippen LogP contribution >= 0.6 is 0 Å². The van der Waals surface area contributed by atoms with Crippen LogP contribution in [0.15, 0.2) is 54.2 Å². The van der Waals surface area contributed by atoms with E-state index >= 15 is 0 Å². The molecule has 128 valence electrons. The molecule has 0 saturated carbocycles. The highest BCUT2D eigenvalue weighted by molar-refractivity contribution is 6.06. The zero-order valence-electron chi connectivity index (χ0n) is 13.7. The second-order valence-electron chi connectivity index (χ2n) is 5.42. The summed E-state index contributed by atoms with van der Waals surface area (Å²) in [6.45, 7) is 2.12. The van der Waals surface area contributed by atoms with Crippen molar-refractivity contribution in [1.29, 1.82) is 5.26 Å². The van der Waals surface area contributed by atoms with Crippen LogP contribution in [0.25, 0.3) is 0 Å². The number of aryl methyl sites for hydroxylation is 1. The fourth-order valence-electron chi connectivity index (χ4n) is 2.21. The number of anilines is 1. The molecule has 3 N–H and O–H groups in total. The van der Waals surface area contributed by atoms with E-state index in [2.05, 4.69) is 10.6 Å². The smallest absolute Gasteiger partial charge is 0.267 e. The van der Waals surface area contributed by atoms with Crippen molar-refractivity contribution in [2.75, 3.05) is 11.9 Å². The normalized spacial score (nSPS) is 10.8. The largest absolute Gasteiger partial charge is 0.508 e. The summed E-state index contributed by atoms with van der Waals surface area (Å²) in [5, 5.41) is 24.0. The molecule has 0 fully saturated rings. The molecule has 0 spiro atoms. The lowest BCUT2D eigenvalue weighted by Gasteiger charge is -2.08. The van der Waals surface area contributed by atoms with E-state index < -0.39 is 5.91 Å². The van der Waals surface area contributed by atoms with Crippen LogP contribution in [0.3, 0.4) is 0 Å². The summed E-state index contributed by atoms with van der Waals surface area (Å²) < 4.78 is 13.5. The fourth-order valence-corrected chi connectivity index (χ4v) is 2.21. The first-order chi connectivity index (χ1) is 12.0. The van der Waals surface area contributed by atoms with Crippen molar-refractivity contribution < 1.29 is 14.3 Å². The number of nitrogens with one attached hydrogen (secondary N) is 2. The minimum Gasteiger partial charge on any atom is -0.508 e. The monoisotopic (exact) mass is 339 g/mol. The van der Waals surface area contributed by atoms with Gasteiger partial charge in [0.15, 0.2) is 0 Å². The van der Waals surface area contributed by atoms with Gasteiger partial charge in [0.2, 0.25) is 0 Å². The molecule has 0 aromatic heterocycles. The van der Waals surface area contributed by atoms with Gasteiger partial charge in [-0.15, -0.1) is 0 Å². The van der Waals surface area contributed by atoms with Crippen molar-refractivity contribution >= 4 is 11.6 Å². The summed E-state index contributed by atoms with van der Waals surface area (Å²) >= 11 is 0. The summed E-state index contributed by atoms with van der Waals surface area (Å²) in [7, 11) is 0.